The Kier molecular flexibility index (Phi) is 1.60. The Morgan fingerprint density at radius 3 is 3.33 bits per heavy atom. The van der Waals surface area contributed by atoms with Crippen molar-refractivity contribution in [3.8, 4) is 0 Å². The number of nitrogens with zero attached hydrogens (tertiary/aromatic N) is 1. The summed E-state index contributed by atoms with van der Waals surface area (Å²) in [4.78, 5) is 17.9. The summed E-state index contributed by atoms with van der Waals surface area (Å²) < 4.78 is 0. The molecular weight excluding hydrogens is 154 g/mol. The van der Waals surface area contributed by atoms with Crippen molar-refractivity contribution >= 4 is 5.82 Å². The molecule has 0 radical (unpaired) electrons. The van der Waals surface area contributed by atoms with E-state index in [9.17, 15) is 4.79 Å². The molecule has 1 atom stereocenters. The van der Waals surface area contributed by atoms with E-state index < -0.39 is 0 Å². The van der Waals surface area contributed by atoms with Crippen LogP contribution in [0.2, 0.25) is 0 Å². The third kappa shape index (κ3) is 1.09. The van der Waals surface area contributed by atoms with Gasteiger partial charge in [-0.3, -0.25) is 4.79 Å². The van der Waals surface area contributed by atoms with Crippen molar-refractivity contribution in [2.45, 2.75) is 13.3 Å². The van der Waals surface area contributed by atoms with Crippen molar-refractivity contribution < 1.29 is 0 Å². The van der Waals surface area contributed by atoms with Gasteiger partial charge in [-0.1, -0.05) is 6.92 Å². The van der Waals surface area contributed by atoms with Crippen LogP contribution in [0.4, 0.5) is 5.82 Å². The number of rotatable bonds is 0. The molecule has 64 valence electrons. The minimum absolute atomic E-state index is 0.0148. The third-order valence-corrected chi connectivity index (χ3v) is 2.12. The molecule has 0 saturated heterocycles. The molecule has 2 rings (SSSR count). The molecule has 12 heavy (non-hydrogen) atoms. The minimum Gasteiger partial charge on any atom is -0.369 e. The molecule has 0 unspecified atom stereocenters. The number of hydrogen-bond donors (Lipinski definition) is 2. The maximum Gasteiger partial charge on any atom is 0.256 e. The van der Waals surface area contributed by atoms with E-state index in [1.807, 2.05) is 0 Å². The zero-order valence-electron chi connectivity index (χ0n) is 6.92. The van der Waals surface area contributed by atoms with Gasteiger partial charge in [0.05, 0.1) is 11.9 Å². The minimum atomic E-state index is -0.0148. The predicted molar refractivity (Wildman–Crippen MR) is 46.2 cm³/mol. The summed E-state index contributed by atoms with van der Waals surface area (Å²) in [5, 5.41) is 3.12. The molecule has 1 aliphatic rings. The van der Waals surface area contributed by atoms with Crippen LogP contribution in [0.15, 0.2) is 11.1 Å². The number of anilines is 1. The molecule has 0 aliphatic carbocycles. The lowest BCUT2D eigenvalue weighted by Crippen LogP contribution is -2.28. The maximum absolute atomic E-state index is 11.3. The van der Waals surface area contributed by atoms with Gasteiger partial charge in [-0.25, -0.2) is 4.98 Å². The Balaban J connectivity index is 2.50. The fourth-order valence-corrected chi connectivity index (χ4v) is 1.46. The summed E-state index contributed by atoms with van der Waals surface area (Å²) in [5.41, 5.74) is 0.773. The van der Waals surface area contributed by atoms with E-state index in [0.717, 1.165) is 24.3 Å². The maximum atomic E-state index is 11.3. The van der Waals surface area contributed by atoms with Crippen LogP contribution in [0.25, 0.3) is 0 Å². The molecule has 0 spiro atoms. The van der Waals surface area contributed by atoms with Gasteiger partial charge in [-0.15, -0.1) is 0 Å². The van der Waals surface area contributed by atoms with E-state index in [1.165, 1.54) is 6.33 Å². The molecule has 0 fully saturated rings. The topological polar surface area (TPSA) is 57.8 Å². The van der Waals surface area contributed by atoms with Crippen LogP contribution < -0.4 is 10.9 Å². The first kappa shape index (κ1) is 7.34. The molecule has 4 nitrogen and oxygen atoms in total. The van der Waals surface area contributed by atoms with Crippen molar-refractivity contribution in [1.29, 1.82) is 0 Å². The first-order valence-electron chi connectivity index (χ1n) is 4.08. The molecule has 1 aromatic heterocycles. The average molecular weight is 165 g/mol. The van der Waals surface area contributed by atoms with Crippen molar-refractivity contribution in [1.82, 2.24) is 9.97 Å². The SMILES string of the molecule is C[C@H]1CNc2nc[nH]c(=O)c2C1. The molecule has 0 amide bonds. The van der Waals surface area contributed by atoms with Gasteiger partial charge in [0.1, 0.15) is 5.82 Å². The fraction of sp³-hybridized carbons (Fsp3) is 0.500. The van der Waals surface area contributed by atoms with E-state index in [0.29, 0.717) is 5.92 Å². The van der Waals surface area contributed by atoms with Crippen molar-refractivity contribution in [3.05, 3.63) is 22.2 Å². The van der Waals surface area contributed by atoms with Crippen molar-refractivity contribution in [2.75, 3.05) is 11.9 Å². The first-order chi connectivity index (χ1) is 5.77. The molecule has 2 N–H and O–H groups in total. The summed E-state index contributed by atoms with van der Waals surface area (Å²) in [6.45, 7) is 3.02. The monoisotopic (exact) mass is 165 g/mol. The number of aromatic amines is 1. The van der Waals surface area contributed by atoms with E-state index >= 15 is 0 Å². The second kappa shape index (κ2) is 2.62. The lowest BCUT2D eigenvalue weighted by atomic mass is 9.99. The van der Waals surface area contributed by atoms with Crippen LogP contribution in [0.5, 0.6) is 0 Å². The quantitative estimate of drug-likeness (QED) is 0.584. The van der Waals surface area contributed by atoms with Crippen molar-refractivity contribution in [3.63, 3.8) is 0 Å². The van der Waals surface area contributed by atoms with Crippen LogP contribution in [-0.2, 0) is 6.42 Å². The average Bonchev–Trinajstić information content (AvgIpc) is 2.07. The molecular formula is C8H11N3O. The number of aromatic nitrogens is 2. The lowest BCUT2D eigenvalue weighted by Gasteiger charge is -2.20. The molecule has 2 heterocycles. The highest BCUT2D eigenvalue weighted by Crippen LogP contribution is 2.17. The highest BCUT2D eigenvalue weighted by molar-refractivity contribution is 5.44. The normalized spacial score (nSPS) is 21.2. The van der Waals surface area contributed by atoms with Crippen LogP contribution in [0.3, 0.4) is 0 Å². The smallest absolute Gasteiger partial charge is 0.256 e. The van der Waals surface area contributed by atoms with Gasteiger partial charge < -0.3 is 10.3 Å². The number of hydrogen-bond acceptors (Lipinski definition) is 3. The molecule has 1 aromatic rings. The van der Waals surface area contributed by atoms with E-state index in [2.05, 4.69) is 22.2 Å². The number of H-pyrrole nitrogens is 1. The Labute approximate surface area is 70.0 Å². The van der Waals surface area contributed by atoms with E-state index in [1.54, 1.807) is 0 Å². The highest BCUT2D eigenvalue weighted by Gasteiger charge is 2.17. The van der Waals surface area contributed by atoms with Gasteiger partial charge in [0.2, 0.25) is 0 Å². The van der Waals surface area contributed by atoms with Gasteiger partial charge in [0.15, 0.2) is 0 Å². The Bertz CT molecular complexity index is 344. The summed E-state index contributed by atoms with van der Waals surface area (Å²) in [5.74, 6) is 1.26. The van der Waals surface area contributed by atoms with E-state index in [-0.39, 0.29) is 5.56 Å². The predicted octanol–water partition coefficient (Wildman–Crippen LogP) is 0.374. The van der Waals surface area contributed by atoms with Gasteiger partial charge in [-0.05, 0) is 12.3 Å². The van der Waals surface area contributed by atoms with Crippen LogP contribution in [0, 0.1) is 5.92 Å². The van der Waals surface area contributed by atoms with Gasteiger partial charge in [0, 0.05) is 6.54 Å². The zero-order chi connectivity index (χ0) is 8.55. The number of nitrogens with one attached hydrogen (secondary N) is 2. The first-order valence-corrected chi connectivity index (χ1v) is 4.08. The Morgan fingerprint density at radius 2 is 2.50 bits per heavy atom. The third-order valence-electron chi connectivity index (χ3n) is 2.12. The lowest BCUT2D eigenvalue weighted by molar-refractivity contribution is 0.585. The second-order valence-corrected chi connectivity index (χ2v) is 3.25. The summed E-state index contributed by atoms with van der Waals surface area (Å²) >= 11 is 0. The van der Waals surface area contributed by atoms with Gasteiger partial charge in [0.25, 0.3) is 5.56 Å². The summed E-state index contributed by atoms with van der Waals surface area (Å²) in [7, 11) is 0. The second-order valence-electron chi connectivity index (χ2n) is 3.25. The van der Waals surface area contributed by atoms with Gasteiger partial charge in [-0.2, -0.15) is 0 Å². The van der Waals surface area contributed by atoms with E-state index in [4.69, 9.17) is 0 Å². The highest BCUT2D eigenvalue weighted by atomic mass is 16.1. The molecule has 1 aliphatic heterocycles. The van der Waals surface area contributed by atoms with Gasteiger partial charge >= 0.3 is 0 Å². The zero-order valence-corrected chi connectivity index (χ0v) is 6.92. The molecule has 0 aromatic carbocycles. The van der Waals surface area contributed by atoms with Crippen LogP contribution in [0.1, 0.15) is 12.5 Å². The molecule has 0 saturated carbocycles. The van der Waals surface area contributed by atoms with Crippen molar-refractivity contribution in [2.24, 2.45) is 5.92 Å². The van der Waals surface area contributed by atoms with Crippen LogP contribution in [-0.4, -0.2) is 16.5 Å². The molecule has 0 bridgehead atoms. The Morgan fingerprint density at radius 1 is 1.67 bits per heavy atom. The summed E-state index contributed by atoms with van der Waals surface area (Å²) in [6, 6.07) is 0. The molecule has 4 heteroatoms. The summed E-state index contributed by atoms with van der Waals surface area (Å²) in [6.07, 6.45) is 2.26. The fourth-order valence-electron chi connectivity index (χ4n) is 1.46. The number of fused-ring (bicyclic) bond motifs is 1. The largest absolute Gasteiger partial charge is 0.369 e. The van der Waals surface area contributed by atoms with Crippen LogP contribution >= 0.6 is 0 Å². The Hall–Kier alpha value is -1.32. The standard InChI is InChI=1S/C8H11N3O/c1-5-2-6-7(9-3-5)10-4-11-8(6)12/h4-5H,2-3H2,1H3,(H2,9,10,11,12)/t5-/m1/s1.